The van der Waals surface area contributed by atoms with Crippen LogP contribution >= 0.6 is 0 Å². The molecule has 0 bridgehead atoms. The Morgan fingerprint density at radius 2 is 1.52 bits per heavy atom. The molecule has 1 heterocycles. The zero-order chi connectivity index (χ0) is 15.0. The molecule has 0 saturated carbocycles. The number of carbonyl (C=O) groups is 2. The molecule has 0 aromatic heterocycles. The Balaban J connectivity index is 1.91. The predicted molar refractivity (Wildman–Crippen MR) is 75.6 cm³/mol. The van der Waals surface area contributed by atoms with Gasteiger partial charge in [0.05, 0.1) is 17.9 Å². The van der Waals surface area contributed by atoms with Crippen molar-refractivity contribution in [1.29, 1.82) is 0 Å². The summed E-state index contributed by atoms with van der Waals surface area (Å²) in [7, 11) is 3.05. The summed E-state index contributed by atoms with van der Waals surface area (Å²) in [6.07, 6.45) is 2.78. The summed E-state index contributed by atoms with van der Waals surface area (Å²) in [5.74, 6) is -0.777. The molecule has 0 unspecified atom stereocenters. The Kier molecular flexibility index (Phi) is 3.51. The van der Waals surface area contributed by atoms with Crippen LogP contribution in [0.5, 0.6) is 5.75 Å². The van der Waals surface area contributed by atoms with E-state index in [1.54, 1.807) is 13.2 Å². The summed E-state index contributed by atoms with van der Waals surface area (Å²) in [6.45, 7) is 0. The molecule has 1 aliphatic heterocycles. The highest BCUT2D eigenvalue weighted by Gasteiger charge is 2.54. The molecule has 110 valence electrons. The monoisotopic (exact) mass is 287 g/mol. The second kappa shape index (κ2) is 5.33. The number of hydrogen-bond acceptors (Lipinski definition) is 4. The van der Waals surface area contributed by atoms with Crippen molar-refractivity contribution < 1.29 is 19.1 Å². The lowest BCUT2D eigenvalue weighted by Crippen LogP contribution is -2.42. The lowest BCUT2D eigenvalue weighted by Gasteiger charge is -2.31. The third kappa shape index (κ3) is 2.23. The van der Waals surface area contributed by atoms with E-state index in [1.165, 1.54) is 11.9 Å². The van der Waals surface area contributed by atoms with E-state index >= 15 is 0 Å². The molecule has 1 aromatic carbocycles. The predicted octanol–water partition coefficient (Wildman–Crippen LogP) is 1.25. The van der Waals surface area contributed by atoms with Gasteiger partial charge in [0.25, 0.3) is 0 Å². The van der Waals surface area contributed by atoms with Gasteiger partial charge in [-0.3, -0.25) is 14.5 Å². The number of nitrogens with zero attached hydrogens (tertiary/aromatic N) is 1. The van der Waals surface area contributed by atoms with Crippen LogP contribution in [-0.4, -0.2) is 43.1 Å². The van der Waals surface area contributed by atoms with Gasteiger partial charge in [-0.2, -0.15) is 0 Å². The Bertz CT molecular complexity index is 583. The van der Waals surface area contributed by atoms with Gasteiger partial charge in [0.1, 0.15) is 11.9 Å². The molecule has 0 spiro atoms. The smallest absolute Gasteiger partial charge is 0.237 e. The van der Waals surface area contributed by atoms with Crippen LogP contribution in [0.1, 0.15) is 0 Å². The molecule has 2 amide bonds. The Morgan fingerprint density at radius 1 is 0.952 bits per heavy atom. The lowest BCUT2D eigenvalue weighted by atomic mass is 9.81. The highest BCUT2D eigenvalue weighted by molar-refractivity contribution is 6.06. The SMILES string of the molecule is CO[C@H]1C=C[C@H](Oc2ccccc2)[C@H]2C(=O)N(C)C(=O)[C@H]21. The maximum Gasteiger partial charge on any atom is 0.237 e. The van der Waals surface area contributed by atoms with Gasteiger partial charge in [0.15, 0.2) is 0 Å². The molecule has 5 heteroatoms. The van der Waals surface area contributed by atoms with E-state index in [0.717, 1.165) is 0 Å². The fourth-order valence-electron chi connectivity index (χ4n) is 3.01. The summed E-state index contributed by atoms with van der Waals surface area (Å²) in [5.41, 5.74) is 0. The molecular formula is C16H17NO4. The van der Waals surface area contributed by atoms with Crippen molar-refractivity contribution in [2.45, 2.75) is 12.2 Å². The first kappa shape index (κ1) is 13.8. The van der Waals surface area contributed by atoms with Gasteiger partial charge in [-0.15, -0.1) is 0 Å². The normalized spacial score (nSPS) is 31.4. The van der Waals surface area contributed by atoms with Gasteiger partial charge in [-0.1, -0.05) is 24.3 Å². The van der Waals surface area contributed by atoms with Gasteiger partial charge in [0.2, 0.25) is 11.8 Å². The first-order valence-electron chi connectivity index (χ1n) is 6.87. The topological polar surface area (TPSA) is 55.8 Å². The Morgan fingerprint density at radius 3 is 2.14 bits per heavy atom. The molecule has 5 nitrogen and oxygen atoms in total. The van der Waals surface area contributed by atoms with Crippen molar-refractivity contribution in [3.8, 4) is 5.75 Å². The maximum atomic E-state index is 12.3. The zero-order valence-electron chi connectivity index (χ0n) is 11.9. The summed E-state index contributed by atoms with van der Waals surface area (Å²) in [5, 5.41) is 0. The minimum absolute atomic E-state index is 0.206. The van der Waals surface area contributed by atoms with E-state index in [9.17, 15) is 9.59 Å². The van der Waals surface area contributed by atoms with Gasteiger partial charge >= 0.3 is 0 Å². The standard InChI is InChI=1S/C16H17NO4/c1-17-15(18)13-11(20-2)8-9-12(14(13)16(17)19)21-10-6-4-3-5-7-10/h3-9,11-14H,1-2H3/t11-,12-,13-,14+/m0/s1. The minimum atomic E-state index is -0.530. The zero-order valence-corrected chi connectivity index (χ0v) is 11.9. The van der Waals surface area contributed by atoms with Gasteiger partial charge in [-0.05, 0) is 18.2 Å². The highest BCUT2D eigenvalue weighted by Crippen LogP contribution is 2.37. The minimum Gasteiger partial charge on any atom is -0.486 e. The molecule has 1 aliphatic carbocycles. The molecule has 21 heavy (non-hydrogen) atoms. The highest BCUT2D eigenvalue weighted by atomic mass is 16.5. The number of hydrogen-bond donors (Lipinski definition) is 0. The molecular weight excluding hydrogens is 270 g/mol. The third-order valence-corrected chi connectivity index (χ3v) is 4.10. The molecule has 4 atom stereocenters. The van der Waals surface area contributed by atoms with Crippen LogP contribution in [0.15, 0.2) is 42.5 Å². The van der Waals surface area contributed by atoms with E-state index in [0.29, 0.717) is 5.75 Å². The van der Waals surface area contributed by atoms with Crippen LogP contribution in [0.2, 0.25) is 0 Å². The van der Waals surface area contributed by atoms with Crippen molar-refractivity contribution in [1.82, 2.24) is 4.90 Å². The molecule has 1 fully saturated rings. The fraction of sp³-hybridized carbons (Fsp3) is 0.375. The number of amides is 2. The first-order chi connectivity index (χ1) is 10.1. The van der Waals surface area contributed by atoms with Crippen LogP contribution in [0.3, 0.4) is 0 Å². The number of fused-ring (bicyclic) bond motifs is 1. The summed E-state index contributed by atoms with van der Waals surface area (Å²) in [4.78, 5) is 25.8. The molecule has 2 aliphatic rings. The number of benzene rings is 1. The van der Waals surface area contributed by atoms with Crippen LogP contribution in [0.25, 0.3) is 0 Å². The van der Waals surface area contributed by atoms with Crippen molar-refractivity contribution in [3.05, 3.63) is 42.5 Å². The van der Waals surface area contributed by atoms with Crippen LogP contribution in [-0.2, 0) is 14.3 Å². The number of ether oxygens (including phenoxy) is 2. The van der Waals surface area contributed by atoms with Crippen molar-refractivity contribution in [2.75, 3.05) is 14.2 Å². The number of para-hydroxylation sites is 1. The number of rotatable bonds is 3. The number of likely N-dealkylation sites (tertiary alicyclic amines) is 1. The Labute approximate surface area is 123 Å². The average Bonchev–Trinajstić information content (AvgIpc) is 2.74. The number of methoxy groups -OCH3 is 1. The summed E-state index contributed by atoms with van der Waals surface area (Å²) in [6, 6.07) is 9.29. The average molecular weight is 287 g/mol. The molecule has 1 saturated heterocycles. The quantitative estimate of drug-likeness (QED) is 0.620. The van der Waals surface area contributed by atoms with Crippen molar-refractivity contribution in [3.63, 3.8) is 0 Å². The van der Waals surface area contributed by atoms with E-state index in [2.05, 4.69) is 0 Å². The largest absolute Gasteiger partial charge is 0.486 e. The number of imide groups is 1. The first-order valence-corrected chi connectivity index (χ1v) is 6.87. The van der Waals surface area contributed by atoms with Crippen LogP contribution in [0, 0.1) is 11.8 Å². The van der Waals surface area contributed by atoms with Crippen LogP contribution in [0.4, 0.5) is 0 Å². The molecule has 0 radical (unpaired) electrons. The lowest BCUT2D eigenvalue weighted by molar-refractivity contribution is -0.138. The maximum absolute atomic E-state index is 12.3. The fourth-order valence-corrected chi connectivity index (χ4v) is 3.01. The Hall–Kier alpha value is -2.14. The van der Waals surface area contributed by atoms with E-state index in [4.69, 9.17) is 9.47 Å². The van der Waals surface area contributed by atoms with E-state index in [-0.39, 0.29) is 17.9 Å². The van der Waals surface area contributed by atoms with Gasteiger partial charge < -0.3 is 9.47 Å². The summed E-state index contributed by atoms with van der Waals surface area (Å²) < 4.78 is 11.2. The van der Waals surface area contributed by atoms with Crippen LogP contribution < -0.4 is 4.74 Å². The van der Waals surface area contributed by atoms with E-state index in [1.807, 2.05) is 36.4 Å². The van der Waals surface area contributed by atoms with Crippen molar-refractivity contribution in [2.24, 2.45) is 11.8 Å². The van der Waals surface area contributed by atoms with Gasteiger partial charge in [-0.25, -0.2) is 0 Å². The third-order valence-electron chi connectivity index (χ3n) is 4.10. The van der Waals surface area contributed by atoms with Gasteiger partial charge in [0, 0.05) is 14.2 Å². The molecule has 3 rings (SSSR count). The second-order valence-corrected chi connectivity index (χ2v) is 5.27. The molecule has 0 N–H and O–H groups in total. The second-order valence-electron chi connectivity index (χ2n) is 5.27. The summed E-state index contributed by atoms with van der Waals surface area (Å²) >= 11 is 0. The number of carbonyl (C=O) groups excluding carboxylic acids is 2. The van der Waals surface area contributed by atoms with Crippen molar-refractivity contribution >= 4 is 11.8 Å². The molecule has 1 aromatic rings. The van der Waals surface area contributed by atoms with E-state index < -0.39 is 17.9 Å².